The van der Waals surface area contributed by atoms with Crippen LogP contribution < -0.4 is 0 Å². The van der Waals surface area contributed by atoms with Gasteiger partial charge in [-0.3, -0.25) is 0 Å². The molecule has 96 valence electrons. The van der Waals surface area contributed by atoms with Crippen molar-refractivity contribution in [2.75, 3.05) is 6.61 Å². The van der Waals surface area contributed by atoms with Crippen LogP contribution in [0.15, 0.2) is 0 Å². The Bertz CT molecular complexity index is 241. The second-order valence-electron chi connectivity index (χ2n) is 4.14. The molecular formula is C9H15F3O4. The first-order valence-electron chi connectivity index (χ1n) is 4.88. The molecule has 16 heavy (non-hydrogen) atoms. The Morgan fingerprint density at radius 2 is 1.88 bits per heavy atom. The first-order valence-corrected chi connectivity index (χ1v) is 4.88. The predicted octanol–water partition coefficient (Wildman–Crippen LogP) is 0.812. The van der Waals surface area contributed by atoms with Crippen molar-refractivity contribution in [3.05, 3.63) is 0 Å². The van der Waals surface area contributed by atoms with Gasteiger partial charge in [-0.05, 0) is 20.3 Å². The molecular weight excluding hydrogens is 229 g/mol. The zero-order chi connectivity index (χ0) is 12.6. The second-order valence-corrected chi connectivity index (χ2v) is 4.14. The van der Waals surface area contributed by atoms with Crippen LogP contribution in [0.4, 0.5) is 13.2 Å². The van der Waals surface area contributed by atoms with Gasteiger partial charge in [0.25, 0.3) is 0 Å². The van der Waals surface area contributed by atoms with E-state index < -0.39 is 30.3 Å². The van der Waals surface area contributed by atoms with Gasteiger partial charge in [-0.15, -0.1) is 0 Å². The Hall–Kier alpha value is -0.370. The van der Waals surface area contributed by atoms with E-state index in [2.05, 4.69) is 0 Å². The number of rotatable bonds is 3. The van der Waals surface area contributed by atoms with E-state index in [1.807, 2.05) is 0 Å². The lowest BCUT2D eigenvalue weighted by Crippen LogP contribution is -2.45. The maximum Gasteiger partial charge on any atom is 0.417 e. The summed E-state index contributed by atoms with van der Waals surface area (Å²) in [6.07, 6.45) is -9.84. The lowest BCUT2D eigenvalue weighted by molar-refractivity contribution is -0.242. The molecule has 1 aliphatic heterocycles. The van der Waals surface area contributed by atoms with Crippen LogP contribution in [0.1, 0.15) is 20.3 Å². The first-order chi connectivity index (χ1) is 7.17. The highest BCUT2D eigenvalue weighted by Gasteiger charge is 2.53. The van der Waals surface area contributed by atoms with Crippen molar-refractivity contribution in [3.8, 4) is 0 Å². The molecule has 0 radical (unpaired) electrons. The average molecular weight is 244 g/mol. The summed E-state index contributed by atoms with van der Waals surface area (Å²) in [5.41, 5.74) is 0. The average Bonchev–Trinajstić information content (AvgIpc) is 2.39. The van der Waals surface area contributed by atoms with Gasteiger partial charge in [0.15, 0.2) is 11.9 Å². The molecule has 0 unspecified atom stereocenters. The number of ether oxygens (including phenoxy) is 2. The highest BCUT2D eigenvalue weighted by atomic mass is 19.4. The monoisotopic (exact) mass is 244 g/mol. The van der Waals surface area contributed by atoms with Crippen molar-refractivity contribution in [1.29, 1.82) is 0 Å². The Kier molecular flexibility index (Phi) is 3.83. The van der Waals surface area contributed by atoms with Crippen molar-refractivity contribution in [2.24, 2.45) is 0 Å². The minimum Gasteiger partial charge on any atom is -0.396 e. The molecule has 4 nitrogen and oxygen atoms in total. The fraction of sp³-hybridized carbons (Fsp3) is 1.00. The normalized spacial score (nSPS) is 31.7. The minimum absolute atomic E-state index is 0.0127. The number of alkyl halides is 3. The molecule has 1 aliphatic rings. The molecule has 1 saturated heterocycles. The van der Waals surface area contributed by atoms with Gasteiger partial charge in [0.1, 0.15) is 6.10 Å². The number of aliphatic hydroxyl groups is 2. The van der Waals surface area contributed by atoms with Gasteiger partial charge in [0, 0.05) is 6.61 Å². The standard InChI is InChI=1S/C9H15F3O4/c1-8(2)15-5(3-4-13)6(16-8)7(14)9(10,11)12/h5-7,13-14H,3-4H2,1-2H3/t5-,6+,7-/m0/s1. The molecule has 0 aromatic rings. The summed E-state index contributed by atoms with van der Waals surface area (Å²) >= 11 is 0. The van der Waals surface area contributed by atoms with Gasteiger partial charge in [0.05, 0.1) is 6.10 Å². The van der Waals surface area contributed by atoms with Crippen LogP contribution >= 0.6 is 0 Å². The SMILES string of the molecule is CC1(C)O[C@@H]([C@H](O)C(F)(F)F)[C@H](CCO)O1. The van der Waals surface area contributed by atoms with Crippen molar-refractivity contribution < 1.29 is 32.9 Å². The van der Waals surface area contributed by atoms with E-state index >= 15 is 0 Å². The molecule has 3 atom stereocenters. The van der Waals surface area contributed by atoms with Crippen LogP contribution in [0.2, 0.25) is 0 Å². The fourth-order valence-electron chi connectivity index (χ4n) is 1.67. The number of hydrogen-bond donors (Lipinski definition) is 2. The van der Waals surface area contributed by atoms with Crippen LogP contribution in [-0.4, -0.2) is 47.1 Å². The van der Waals surface area contributed by atoms with Gasteiger partial charge in [-0.1, -0.05) is 0 Å². The molecule has 1 fully saturated rings. The molecule has 1 heterocycles. The number of aliphatic hydroxyl groups excluding tert-OH is 2. The lowest BCUT2D eigenvalue weighted by atomic mass is 10.1. The quantitative estimate of drug-likeness (QED) is 0.771. The second kappa shape index (κ2) is 4.48. The van der Waals surface area contributed by atoms with Crippen LogP contribution in [-0.2, 0) is 9.47 Å². The summed E-state index contributed by atoms with van der Waals surface area (Å²) in [5.74, 6) is -1.18. The zero-order valence-corrected chi connectivity index (χ0v) is 8.99. The van der Waals surface area contributed by atoms with Crippen molar-refractivity contribution in [3.63, 3.8) is 0 Å². The third-order valence-electron chi connectivity index (χ3n) is 2.28. The van der Waals surface area contributed by atoms with E-state index in [-0.39, 0.29) is 13.0 Å². The highest BCUT2D eigenvalue weighted by Crippen LogP contribution is 2.36. The Morgan fingerprint density at radius 3 is 2.31 bits per heavy atom. The predicted molar refractivity (Wildman–Crippen MR) is 47.6 cm³/mol. The highest BCUT2D eigenvalue weighted by molar-refractivity contribution is 4.89. The van der Waals surface area contributed by atoms with Crippen molar-refractivity contribution in [2.45, 2.75) is 50.5 Å². The van der Waals surface area contributed by atoms with Crippen molar-refractivity contribution in [1.82, 2.24) is 0 Å². The Morgan fingerprint density at radius 1 is 1.31 bits per heavy atom. The molecule has 0 saturated carbocycles. The van der Waals surface area contributed by atoms with Gasteiger partial charge in [-0.2, -0.15) is 13.2 Å². The number of halogens is 3. The van der Waals surface area contributed by atoms with Gasteiger partial charge >= 0.3 is 6.18 Å². The molecule has 0 aromatic carbocycles. The zero-order valence-electron chi connectivity index (χ0n) is 8.99. The van der Waals surface area contributed by atoms with Crippen LogP contribution in [0, 0.1) is 0 Å². The molecule has 0 aliphatic carbocycles. The topological polar surface area (TPSA) is 58.9 Å². The summed E-state index contributed by atoms with van der Waals surface area (Å²) in [5, 5.41) is 17.8. The molecule has 1 rings (SSSR count). The van der Waals surface area contributed by atoms with Crippen LogP contribution in [0.5, 0.6) is 0 Å². The smallest absolute Gasteiger partial charge is 0.396 e. The van der Waals surface area contributed by atoms with E-state index in [0.717, 1.165) is 0 Å². The van der Waals surface area contributed by atoms with E-state index in [1.165, 1.54) is 13.8 Å². The molecule has 0 bridgehead atoms. The van der Waals surface area contributed by atoms with Crippen LogP contribution in [0.25, 0.3) is 0 Å². The molecule has 0 aromatic heterocycles. The molecule has 7 heteroatoms. The van der Waals surface area contributed by atoms with E-state index in [1.54, 1.807) is 0 Å². The summed E-state index contributed by atoms with van der Waals surface area (Å²) in [7, 11) is 0. The summed E-state index contributed by atoms with van der Waals surface area (Å²) in [4.78, 5) is 0. The van der Waals surface area contributed by atoms with Crippen molar-refractivity contribution >= 4 is 0 Å². The summed E-state index contributed by atoms with van der Waals surface area (Å²) in [6.45, 7) is 2.59. The molecule has 0 amide bonds. The maximum atomic E-state index is 12.3. The summed E-state index contributed by atoms with van der Waals surface area (Å²) < 4.78 is 47.1. The minimum atomic E-state index is -4.76. The molecule has 2 N–H and O–H groups in total. The van der Waals surface area contributed by atoms with E-state index in [0.29, 0.717) is 0 Å². The maximum absolute atomic E-state index is 12.3. The molecule has 0 spiro atoms. The number of hydrogen-bond acceptors (Lipinski definition) is 4. The lowest BCUT2D eigenvalue weighted by Gasteiger charge is -2.23. The summed E-state index contributed by atoms with van der Waals surface area (Å²) in [6, 6.07) is 0. The van der Waals surface area contributed by atoms with Gasteiger partial charge < -0.3 is 19.7 Å². The van der Waals surface area contributed by atoms with E-state index in [4.69, 9.17) is 19.7 Å². The third kappa shape index (κ3) is 3.07. The van der Waals surface area contributed by atoms with Crippen LogP contribution in [0.3, 0.4) is 0 Å². The van der Waals surface area contributed by atoms with Gasteiger partial charge in [-0.25, -0.2) is 0 Å². The fourth-order valence-corrected chi connectivity index (χ4v) is 1.67. The van der Waals surface area contributed by atoms with Gasteiger partial charge in [0.2, 0.25) is 0 Å². The van der Waals surface area contributed by atoms with E-state index in [9.17, 15) is 13.2 Å². The Labute approximate surface area is 91.0 Å². The Balaban J connectivity index is 2.77. The largest absolute Gasteiger partial charge is 0.417 e. The third-order valence-corrected chi connectivity index (χ3v) is 2.28. The first kappa shape index (κ1) is 13.7.